The Kier molecular flexibility index (Phi) is 3.09. The fraction of sp³-hybridized carbons (Fsp3) is 0.167. The number of aromatic nitrogens is 2. The lowest BCUT2D eigenvalue weighted by molar-refractivity contribution is 0.997. The van der Waals surface area contributed by atoms with E-state index in [1.807, 2.05) is 24.3 Å². The van der Waals surface area contributed by atoms with Crippen LogP contribution in [0, 0.1) is 6.92 Å². The molecule has 17 heavy (non-hydrogen) atoms. The van der Waals surface area contributed by atoms with Gasteiger partial charge in [0.15, 0.2) is 0 Å². The number of rotatable bonds is 3. The summed E-state index contributed by atoms with van der Waals surface area (Å²) in [6.45, 7) is 2.33. The van der Waals surface area contributed by atoms with Gasteiger partial charge in [0.1, 0.15) is 11.6 Å². The Labute approximate surface area is 98.7 Å². The summed E-state index contributed by atoms with van der Waals surface area (Å²) in [5.41, 5.74) is 7.29. The summed E-state index contributed by atoms with van der Waals surface area (Å²) in [4.78, 5) is 18.0. The molecule has 0 bridgehead atoms. The van der Waals surface area contributed by atoms with Crippen LogP contribution in [-0.4, -0.2) is 9.97 Å². The van der Waals surface area contributed by atoms with Crippen LogP contribution in [0.3, 0.4) is 0 Å². The van der Waals surface area contributed by atoms with Crippen LogP contribution in [0.2, 0.25) is 0 Å². The number of anilines is 2. The summed E-state index contributed by atoms with van der Waals surface area (Å²) in [7, 11) is 0. The number of nitrogens with zero attached hydrogens (tertiary/aromatic N) is 1. The second-order valence-electron chi connectivity index (χ2n) is 3.81. The maximum absolute atomic E-state index is 11.2. The maximum Gasteiger partial charge on any atom is 0.252 e. The monoisotopic (exact) mass is 230 g/mol. The Hall–Kier alpha value is -2.30. The van der Waals surface area contributed by atoms with Gasteiger partial charge in [-0.25, -0.2) is 4.98 Å². The lowest BCUT2D eigenvalue weighted by Gasteiger charge is -2.06. The first-order chi connectivity index (χ1) is 8.13. The second-order valence-corrected chi connectivity index (χ2v) is 3.81. The predicted octanol–water partition coefficient (Wildman–Crippen LogP) is 1.27. The van der Waals surface area contributed by atoms with Crippen LogP contribution < -0.4 is 16.6 Å². The quantitative estimate of drug-likeness (QED) is 0.693. The van der Waals surface area contributed by atoms with E-state index in [0.29, 0.717) is 18.2 Å². The molecule has 0 saturated heterocycles. The van der Waals surface area contributed by atoms with E-state index in [1.165, 1.54) is 6.07 Å². The molecule has 5 nitrogen and oxygen atoms in total. The zero-order valence-corrected chi connectivity index (χ0v) is 9.53. The standard InChI is InChI=1S/C12H14N4O/c1-8-15-11(6-12(17)16-8)14-7-9-3-2-4-10(13)5-9/h2-6H,7,13H2,1H3,(H2,14,15,16,17). The Bertz CT molecular complexity index is 577. The molecule has 1 aromatic carbocycles. The lowest BCUT2D eigenvalue weighted by atomic mass is 10.2. The first kappa shape index (κ1) is 11.2. The molecule has 0 saturated carbocycles. The molecule has 0 amide bonds. The Morgan fingerprint density at radius 1 is 1.41 bits per heavy atom. The number of aryl methyl sites for hydroxylation is 1. The number of aromatic amines is 1. The highest BCUT2D eigenvalue weighted by atomic mass is 16.1. The van der Waals surface area contributed by atoms with Crippen LogP contribution in [0.25, 0.3) is 0 Å². The molecule has 0 aliphatic heterocycles. The minimum atomic E-state index is -0.160. The number of hydrogen-bond donors (Lipinski definition) is 3. The molecule has 1 heterocycles. The molecular formula is C12H14N4O. The van der Waals surface area contributed by atoms with Crippen molar-refractivity contribution in [2.75, 3.05) is 11.1 Å². The number of benzene rings is 1. The minimum Gasteiger partial charge on any atom is -0.399 e. The first-order valence-electron chi connectivity index (χ1n) is 5.30. The number of nitrogen functional groups attached to an aromatic ring is 1. The highest BCUT2D eigenvalue weighted by Crippen LogP contribution is 2.08. The van der Waals surface area contributed by atoms with Crippen molar-refractivity contribution >= 4 is 11.5 Å². The normalized spacial score (nSPS) is 10.2. The number of hydrogen-bond acceptors (Lipinski definition) is 4. The van der Waals surface area contributed by atoms with Gasteiger partial charge in [0.2, 0.25) is 0 Å². The first-order valence-corrected chi connectivity index (χ1v) is 5.30. The van der Waals surface area contributed by atoms with Gasteiger partial charge in [0.05, 0.1) is 0 Å². The van der Waals surface area contributed by atoms with Gasteiger partial charge in [-0.3, -0.25) is 4.79 Å². The summed E-state index contributed by atoms with van der Waals surface area (Å²) in [5, 5.41) is 3.08. The zero-order chi connectivity index (χ0) is 12.3. The average molecular weight is 230 g/mol. The third-order valence-electron chi connectivity index (χ3n) is 2.28. The van der Waals surface area contributed by atoms with Gasteiger partial charge in [0, 0.05) is 18.3 Å². The molecule has 88 valence electrons. The van der Waals surface area contributed by atoms with Crippen molar-refractivity contribution in [3.63, 3.8) is 0 Å². The molecule has 2 aromatic rings. The molecule has 2 rings (SSSR count). The van der Waals surface area contributed by atoms with Gasteiger partial charge in [-0.1, -0.05) is 12.1 Å². The topological polar surface area (TPSA) is 83.8 Å². The van der Waals surface area contributed by atoms with Crippen LogP contribution in [0.5, 0.6) is 0 Å². The summed E-state index contributed by atoms with van der Waals surface area (Å²) in [6.07, 6.45) is 0. The summed E-state index contributed by atoms with van der Waals surface area (Å²) in [5.74, 6) is 1.15. The van der Waals surface area contributed by atoms with Crippen molar-refractivity contribution in [1.82, 2.24) is 9.97 Å². The molecule has 0 unspecified atom stereocenters. The summed E-state index contributed by atoms with van der Waals surface area (Å²) in [6, 6.07) is 9.00. The lowest BCUT2D eigenvalue weighted by Crippen LogP contribution is -2.11. The van der Waals surface area contributed by atoms with Crippen molar-refractivity contribution < 1.29 is 0 Å². The SMILES string of the molecule is Cc1nc(NCc2cccc(N)c2)cc(=O)[nH]1. The molecule has 0 aliphatic rings. The van der Waals surface area contributed by atoms with E-state index in [9.17, 15) is 4.79 Å². The summed E-state index contributed by atoms with van der Waals surface area (Å²) >= 11 is 0. The van der Waals surface area contributed by atoms with Gasteiger partial charge in [-0.15, -0.1) is 0 Å². The van der Waals surface area contributed by atoms with E-state index in [0.717, 1.165) is 11.3 Å². The van der Waals surface area contributed by atoms with Crippen LogP contribution in [0.1, 0.15) is 11.4 Å². The molecule has 0 fully saturated rings. The van der Waals surface area contributed by atoms with Gasteiger partial charge < -0.3 is 16.0 Å². The largest absolute Gasteiger partial charge is 0.399 e. The number of nitrogens with one attached hydrogen (secondary N) is 2. The maximum atomic E-state index is 11.2. The van der Waals surface area contributed by atoms with E-state index in [-0.39, 0.29) is 5.56 Å². The fourth-order valence-electron chi connectivity index (χ4n) is 1.57. The smallest absolute Gasteiger partial charge is 0.252 e. The summed E-state index contributed by atoms with van der Waals surface area (Å²) < 4.78 is 0. The molecule has 0 radical (unpaired) electrons. The van der Waals surface area contributed by atoms with Gasteiger partial charge in [-0.05, 0) is 24.6 Å². The molecule has 1 aromatic heterocycles. The number of H-pyrrole nitrogens is 1. The second kappa shape index (κ2) is 4.69. The van der Waals surface area contributed by atoms with Gasteiger partial charge >= 0.3 is 0 Å². The molecule has 0 aliphatic carbocycles. The van der Waals surface area contributed by atoms with Crippen LogP contribution in [-0.2, 0) is 6.54 Å². The third-order valence-corrected chi connectivity index (χ3v) is 2.28. The molecular weight excluding hydrogens is 216 g/mol. The van der Waals surface area contributed by atoms with Crippen LogP contribution in [0.15, 0.2) is 35.1 Å². The third kappa shape index (κ3) is 3.07. The van der Waals surface area contributed by atoms with Crippen molar-refractivity contribution in [1.29, 1.82) is 0 Å². The van der Waals surface area contributed by atoms with Crippen LogP contribution >= 0.6 is 0 Å². The van der Waals surface area contributed by atoms with E-state index < -0.39 is 0 Å². The van der Waals surface area contributed by atoms with Gasteiger partial charge in [0.25, 0.3) is 5.56 Å². The molecule has 5 heteroatoms. The van der Waals surface area contributed by atoms with Crippen LogP contribution in [0.4, 0.5) is 11.5 Å². The fourth-order valence-corrected chi connectivity index (χ4v) is 1.57. The zero-order valence-electron chi connectivity index (χ0n) is 9.53. The van der Waals surface area contributed by atoms with Crippen molar-refractivity contribution in [3.05, 3.63) is 52.1 Å². The molecule has 0 atom stereocenters. The van der Waals surface area contributed by atoms with Crippen molar-refractivity contribution in [2.24, 2.45) is 0 Å². The van der Waals surface area contributed by atoms with E-state index in [4.69, 9.17) is 5.73 Å². The van der Waals surface area contributed by atoms with Crippen molar-refractivity contribution in [3.8, 4) is 0 Å². The Balaban J connectivity index is 2.09. The van der Waals surface area contributed by atoms with E-state index in [1.54, 1.807) is 6.92 Å². The highest BCUT2D eigenvalue weighted by Gasteiger charge is 1.98. The predicted molar refractivity (Wildman–Crippen MR) is 67.8 cm³/mol. The minimum absolute atomic E-state index is 0.160. The highest BCUT2D eigenvalue weighted by molar-refractivity contribution is 5.42. The van der Waals surface area contributed by atoms with Gasteiger partial charge in [-0.2, -0.15) is 0 Å². The van der Waals surface area contributed by atoms with Crippen molar-refractivity contribution in [2.45, 2.75) is 13.5 Å². The van der Waals surface area contributed by atoms with E-state index in [2.05, 4.69) is 15.3 Å². The Morgan fingerprint density at radius 3 is 2.94 bits per heavy atom. The Morgan fingerprint density at radius 2 is 2.24 bits per heavy atom. The number of nitrogens with two attached hydrogens (primary N) is 1. The van der Waals surface area contributed by atoms with E-state index >= 15 is 0 Å². The molecule has 4 N–H and O–H groups in total. The molecule has 0 spiro atoms. The average Bonchev–Trinajstić information content (AvgIpc) is 2.25.